The van der Waals surface area contributed by atoms with Crippen LogP contribution in [0.25, 0.3) is 5.70 Å². The maximum atomic E-state index is 7.86. The summed E-state index contributed by atoms with van der Waals surface area (Å²) >= 11 is 0. The van der Waals surface area contributed by atoms with Crippen LogP contribution in [0.1, 0.15) is 78.6 Å². The van der Waals surface area contributed by atoms with E-state index in [2.05, 4.69) is 112 Å². The van der Waals surface area contributed by atoms with Crippen LogP contribution in [0.4, 0.5) is 0 Å². The highest BCUT2D eigenvalue weighted by Crippen LogP contribution is 2.13. The van der Waals surface area contributed by atoms with Crippen molar-refractivity contribution < 1.29 is 9.84 Å². The van der Waals surface area contributed by atoms with Gasteiger partial charge in [0.25, 0.3) is 0 Å². The number of aliphatic hydroxyl groups excluding tert-OH is 1. The highest BCUT2D eigenvalue weighted by molar-refractivity contribution is 5.43. The lowest BCUT2D eigenvalue weighted by molar-refractivity contribution is 0.295. The van der Waals surface area contributed by atoms with Gasteiger partial charge < -0.3 is 15.2 Å². The van der Waals surface area contributed by atoms with E-state index in [-0.39, 0.29) is 5.76 Å². The van der Waals surface area contributed by atoms with Crippen molar-refractivity contribution in [3.63, 3.8) is 0 Å². The number of nitrogens with one attached hydrogen (secondary N) is 1. The van der Waals surface area contributed by atoms with Crippen LogP contribution in [-0.4, -0.2) is 34.3 Å². The summed E-state index contributed by atoms with van der Waals surface area (Å²) in [6.45, 7) is 35.5. The van der Waals surface area contributed by atoms with E-state index in [4.69, 9.17) is 5.11 Å². The fraction of sp³-hybridized carbons (Fsp3) is 0.455. The molecule has 1 aromatic carbocycles. The topological polar surface area (TPSA) is 72.2 Å². The van der Waals surface area contributed by atoms with Crippen LogP contribution in [0, 0.1) is 19.3 Å². The van der Waals surface area contributed by atoms with E-state index in [9.17, 15) is 0 Å². The van der Waals surface area contributed by atoms with Crippen molar-refractivity contribution in [2.45, 2.75) is 82.2 Å². The first-order chi connectivity index (χ1) is 17.8. The number of allylic oxidation sites excluding steroid dienone is 6. The Kier molecular flexibility index (Phi) is 23.2. The molecular formula is C33H56N4O2. The van der Waals surface area contributed by atoms with Crippen molar-refractivity contribution in [1.29, 1.82) is 0 Å². The number of methoxy groups -OCH3 is 1. The molecular weight excluding hydrogens is 484 g/mol. The molecule has 220 valence electrons. The van der Waals surface area contributed by atoms with Crippen molar-refractivity contribution in [2.24, 2.45) is 5.41 Å². The molecule has 0 spiro atoms. The van der Waals surface area contributed by atoms with E-state index in [0.29, 0.717) is 5.41 Å². The maximum absolute atomic E-state index is 7.86. The number of rotatable bonds is 7. The normalized spacial score (nSPS) is 10.0. The summed E-state index contributed by atoms with van der Waals surface area (Å²) in [7, 11) is 3.56. The number of aromatic nitrogens is 3. The minimum atomic E-state index is 0.167. The molecule has 0 bridgehead atoms. The number of nitrogens with zero attached hydrogens (tertiary/aromatic N) is 3. The van der Waals surface area contributed by atoms with Crippen LogP contribution in [0.2, 0.25) is 0 Å². The second kappa shape index (κ2) is 22.6. The van der Waals surface area contributed by atoms with Gasteiger partial charge >= 0.3 is 0 Å². The zero-order chi connectivity index (χ0) is 31.2. The predicted octanol–water partition coefficient (Wildman–Crippen LogP) is 8.98. The lowest BCUT2D eigenvalue weighted by Crippen LogP contribution is -2.04. The summed E-state index contributed by atoms with van der Waals surface area (Å²) in [4.78, 5) is 0. The summed E-state index contributed by atoms with van der Waals surface area (Å²) < 4.78 is 6.37. The van der Waals surface area contributed by atoms with Gasteiger partial charge in [-0.05, 0) is 71.6 Å². The van der Waals surface area contributed by atoms with Gasteiger partial charge in [0, 0.05) is 12.2 Å². The lowest BCUT2D eigenvalue weighted by Gasteiger charge is -2.05. The number of hydrogen-bond donors (Lipinski definition) is 2. The van der Waals surface area contributed by atoms with Gasteiger partial charge in [0.1, 0.15) is 0 Å². The van der Waals surface area contributed by atoms with E-state index in [0.717, 1.165) is 41.3 Å². The first-order valence-electron chi connectivity index (χ1n) is 13.0. The first-order valence-corrected chi connectivity index (χ1v) is 13.0. The molecule has 0 atom stereocenters. The fourth-order valence-electron chi connectivity index (χ4n) is 2.19. The molecule has 2 aromatic rings. The van der Waals surface area contributed by atoms with Crippen molar-refractivity contribution in [2.75, 3.05) is 14.2 Å². The second-order valence-corrected chi connectivity index (χ2v) is 10.9. The molecule has 0 fully saturated rings. The fourth-order valence-corrected chi connectivity index (χ4v) is 2.19. The zero-order valence-electron chi connectivity index (χ0n) is 26.9. The third-order valence-electron chi connectivity index (χ3n) is 4.11. The molecule has 0 saturated heterocycles. The third-order valence-corrected chi connectivity index (χ3v) is 4.11. The predicted molar refractivity (Wildman–Crippen MR) is 172 cm³/mol. The third kappa shape index (κ3) is 30.7. The van der Waals surface area contributed by atoms with Crippen molar-refractivity contribution in [3.8, 4) is 0 Å². The van der Waals surface area contributed by atoms with E-state index in [1.807, 2.05) is 32.5 Å². The second-order valence-electron chi connectivity index (χ2n) is 10.9. The zero-order valence-corrected chi connectivity index (χ0v) is 26.9. The molecule has 6 nitrogen and oxygen atoms in total. The number of hydrogen-bond acceptors (Lipinski definition) is 5. The van der Waals surface area contributed by atoms with Crippen LogP contribution >= 0.6 is 0 Å². The molecule has 0 aliphatic heterocycles. The standard InChI is InChI=1S/C12H17N3.C9H13N.C5H12.C4H8O.C3H6O/c1-9(2)10(3)6-7-11(4)15-12(5)8-13-14-15;1-8-4-3-5-9(6-8)7-10-2;1-5(2,3)4;1-4(2)5-3;1-3(2)4/h7-8H,1,3,6H2,2,4-5H3;3-6,10H,7H2,1-2H3;1-4H3;1H2,2-3H3;4H,1H2,2H3/b11-7-;;;;. The van der Waals surface area contributed by atoms with Crippen molar-refractivity contribution >= 4 is 5.70 Å². The van der Waals surface area contributed by atoms with Crippen LogP contribution < -0.4 is 5.32 Å². The van der Waals surface area contributed by atoms with Gasteiger partial charge in [0.15, 0.2) is 0 Å². The highest BCUT2D eigenvalue weighted by atomic mass is 16.5. The molecule has 1 aromatic heterocycles. The Labute approximate surface area is 239 Å². The molecule has 0 unspecified atom stereocenters. The number of aliphatic hydroxyl groups is 1. The van der Waals surface area contributed by atoms with Gasteiger partial charge in [-0.1, -0.05) is 101 Å². The van der Waals surface area contributed by atoms with E-state index in [1.54, 1.807) is 20.2 Å². The summed E-state index contributed by atoms with van der Waals surface area (Å²) in [5.41, 5.74) is 7.34. The molecule has 39 heavy (non-hydrogen) atoms. The molecule has 0 aliphatic carbocycles. The number of ether oxygens (including phenoxy) is 1. The average molecular weight is 541 g/mol. The summed E-state index contributed by atoms with van der Waals surface area (Å²) in [6, 6.07) is 8.52. The number of benzene rings is 1. The Bertz CT molecular complexity index is 1010. The van der Waals surface area contributed by atoms with E-state index >= 15 is 0 Å². The van der Waals surface area contributed by atoms with Gasteiger partial charge in [-0.3, -0.25) is 0 Å². The van der Waals surface area contributed by atoms with Crippen molar-refractivity contribution in [1.82, 2.24) is 20.3 Å². The molecule has 0 saturated carbocycles. The molecule has 0 amide bonds. The van der Waals surface area contributed by atoms with Gasteiger partial charge in [0.05, 0.1) is 30.5 Å². The summed E-state index contributed by atoms with van der Waals surface area (Å²) in [6.07, 6.45) is 4.63. The first kappa shape index (κ1) is 40.1. The number of aryl methyl sites for hydroxylation is 2. The SMILES string of the molecule is C=C(C)C(=C)C/C=C(/C)n1nncc1C.C=C(C)O.C=C(C)OC.CC(C)(C)C.CNCc1cccc(C)c1. The van der Waals surface area contributed by atoms with Gasteiger partial charge in [-0.25, -0.2) is 4.68 Å². The monoisotopic (exact) mass is 540 g/mol. The van der Waals surface area contributed by atoms with Crippen LogP contribution in [-0.2, 0) is 11.3 Å². The van der Waals surface area contributed by atoms with E-state index in [1.165, 1.54) is 18.1 Å². The highest BCUT2D eigenvalue weighted by Gasteiger charge is 2.00. The van der Waals surface area contributed by atoms with Crippen LogP contribution in [0.3, 0.4) is 0 Å². The smallest absolute Gasteiger partial charge is 0.0853 e. The van der Waals surface area contributed by atoms with Gasteiger partial charge in [0.2, 0.25) is 0 Å². The minimum absolute atomic E-state index is 0.167. The Morgan fingerprint density at radius 2 is 1.54 bits per heavy atom. The summed E-state index contributed by atoms with van der Waals surface area (Å²) in [5, 5.41) is 18.8. The Hall–Kier alpha value is -3.38. The van der Waals surface area contributed by atoms with Crippen LogP contribution in [0.5, 0.6) is 0 Å². The summed E-state index contributed by atoms with van der Waals surface area (Å²) in [5.74, 6) is 0.921. The minimum Gasteiger partial charge on any atom is -0.513 e. The Morgan fingerprint density at radius 1 is 1.05 bits per heavy atom. The molecule has 2 rings (SSSR count). The average Bonchev–Trinajstić information content (AvgIpc) is 3.22. The molecule has 1 heterocycles. The Balaban J connectivity index is -0.000000465. The largest absolute Gasteiger partial charge is 0.513 e. The Morgan fingerprint density at radius 3 is 1.87 bits per heavy atom. The molecule has 2 N–H and O–H groups in total. The molecule has 6 heteroatoms. The molecule has 0 radical (unpaired) electrons. The quantitative estimate of drug-likeness (QED) is 0.271. The maximum Gasteiger partial charge on any atom is 0.0853 e. The molecule has 0 aliphatic rings. The van der Waals surface area contributed by atoms with Crippen LogP contribution in [0.15, 0.2) is 85.5 Å². The van der Waals surface area contributed by atoms with Gasteiger partial charge in [-0.15, -0.1) is 5.10 Å². The van der Waals surface area contributed by atoms with E-state index < -0.39 is 0 Å². The van der Waals surface area contributed by atoms with Crippen molar-refractivity contribution in [3.05, 3.63) is 102 Å². The lowest BCUT2D eigenvalue weighted by atomic mass is 10.0. The van der Waals surface area contributed by atoms with Gasteiger partial charge in [-0.2, -0.15) is 0 Å².